The van der Waals surface area contributed by atoms with E-state index in [1.807, 2.05) is 13.0 Å². The largest absolute Gasteiger partial charge is 0.344 e. The van der Waals surface area contributed by atoms with Crippen LogP contribution in [0.1, 0.15) is 13.3 Å². The van der Waals surface area contributed by atoms with E-state index >= 15 is 0 Å². The van der Waals surface area contributed by atoms with Gasteiger partial charge >= 0.3 is 0 Å². The summed E-state index contributed by atoms with van der Waals surface area (Å²) >= 11 is 0. The van der Waals surface area contributed by atoms with Crippen LogP contribution < -0.4 is 6.15 Å². The van der Waals surface area contributed by atoms with Gasteiger partial charge in [0, 0.05) is 0 Å². The Morgan fingerprint density at radius 3 is 2.14 bits per heavy atom. The van der Waals surface area contributed by atoms with Crippen molar-refractivity contribution in [3.63, 3.8) is 0 Å². The second-order valence-electron chi connectivity index (χ2n) is 1.45. The minimum Gasteiger partial charge on any atom is -0.344 e. The summed E-state index contributed by atoms with van der Waals surface area (Å²) in [5, 5.41) is 0. The lowest BCUT2D eigenvalue weighted by Gasteiger charge is -1.82. The zero-order chi connectivity index (χ0) is 4.99. The molecule has 0 aromatic heterocycles. The van der Waals surface area contributed by atoms with E-state index in [0.717, 1.165) is 6.42 Å². The van der Waals surface area contributed by atoms with Crippen molar-refractivity contribution in [2.45, 2.75) is 13.3 Å². The summed E-state index contributed by atoms with van der Waals surface area (Å²) in [6.07, 6.45) is 2.79. The maximum atomic E-state index is 3.67. The average Bonchev–Trinajstić information content (AvgIpc) is 1.35. The van der Waals surface area contributed by atoms with E-state index in [2.05, 4.69) is 13.2 Å². The molecule has 0 aliphatic heterocycles. The zero-order valence-electron chi connectivity index (χ0n) is 4.91. The van der Waals surface area contributed by atoms with E-state index in [9.17, 15) is 0 Å². The molecule has 3 N–H and O–H groups in total. The SMILES string of the molecule is C=CCC(=C)C.N. The van der Waals surface area contributed by atoms with Crippen LogP contribution in [-0.4, -0.2) is 0 Å². The van der Waals surface area contributed by atoms with E-state index in [-0.39, 0.29) is 6.15 Å². The van der Waals surface area contributed by atoms with Crippen molar-refractivity contribution in [3.8, 4) is 0 Å². The Balaban J connectivity index is 0. The molecule has 0 aliphatic carbocycles. The third-order valence-electron chi connectivity index (χ3n) is 0.493. The van der Waals surface area contributed by atoms with Crippen molar-refractivity contribution in [1.29, 1.82) is 0 Å². The molecule has 0 heterocycles. The lowest BCUT2D eigenvalue weighted by molar-refractivity contribution is 1.23. The minimum atomic E-state index is 0. The quantitative estimate of drug-likeness (QED) is 0.529. The first-order valence-electron chi connectivity index (χ1n) is 2.02. The number of hydrogen-bond acceptors (Lipinski definition) is 1. The lowest BCUT2D eigenvalue weighted by atomic mass is 10.2. The van der Waals surface area contributed by atoms with Crippen molar-refractivity contribution in [1.82, 2.24) is 6.15 Å². The summed E-state index contributed by atoms with van der Waals surface area (Å²) in [5.41, 5.74) is 1.17. The molecule has 1 heteroatoms. The first-order valence-corrected chi connectivity index (χ1v) is 2.02. The molecule has 0 bridgehead atoms. The van der Waals surface area contributed by atoms with Crippen LogP contribution in [0.3, 0.4) is 0 Å². The van der Waals surface area contributed by atoms with Gasteiger partial charge in [0.1, 0.15) is 0 Å². The van der Waals surface area contributed by atoms with Gasteiger partial charge in [0.25, 0.3) is 0 Å². The van der Waals surface area contributed by atoms with Crippen molar-refractivity contribution >= 4 is 0 Å². The fourth-order valence-electron chi connectivity index (χ4n) is 0.246. The summed E-state index contributed by atoms with van der Waals surface area (Å²) < 4.78 is 0. The zero-order valence-corrected chi connectivity index (χ0v) is 4.91. The molecular weight excluding hydrogens is 86.1 g/mol. The highest BCUT2D eigenvalue weighted by Crippen LogP contribution is 1.92. The van der Waals surface area contributed by atoms with Gasteiger partial charge < -0.3 is 6.15 Å². The molecule has 0 atom stereocenters. The standard InChI is InChI=1S/C6H10.H3N/c1-4-5-6(2)3;/h4H,1-2,5H2,3H3;1H3. The van der Waals surface area contributed by atoms with E-state index < -0.39 is 0 Å². The predicted octanol–water partition coefficient (Wildman–Crippen LogP) is 2.30. The number of allylic oxidation sites excluding steroid dienone is 2. The van der Waals surface area contributed by atoms with Crippen molar-refractivity contribution in [2.24, 2.45) is 0 Å². The highest BCUT2D eigenvalue weighted by atomic mass is 14.0. The van der Waals surface area contributed by atoms with Gasteiger partial charge in [-0.3, -0.25) is 0 Å². The van der Waals surface area contributed by atoms with Crippen molar-refractivity contribution in [3.05, 3.63) is 24.8 Å². The summed E-state index contributed by atoms with van der Waals surface area (Å²) in [7, 11) is 0. The van der Waals surface area contributed by atoms with E-state index in [1.165, 1.54) is 5.57 Å². The summed E-state index contributed by atoms with van der Waals surface area (Å²) in [4.78, 5) is 0. The van der Waals surface area contributed by atoms with Gasteiger partial charge in [-0.2, -0.15) is 0 Å². The molecule has 0 aromatic carbocycles. The van der Waals surface area contributed by atoms with Crippen LogP contribution in [0.5, 0.6) is 0 Å². The predicted molar refractivity (Wildman–Crippen MR) is 34.7 cm³/mol. The van der Waals surface area contributed by atoms with Crippen molar-refractivity contribution in [2.75, 3.05) is 0 Å². The molecule has 42 valence electrons. The molecule has 0 unspecified atom stereocenters. The molecule has 0 rings (SSSR count). The average molecular weight is 99.2 g/mol. The minimum absolute atomic E-state index is 0. The fraction of sp³-hybridized carbons (Fsp3) is 0.333. The molecule has 0 saturated carbocycles. The fourth-order valence-corrected chi connectivity index (χ4v) is 0.246. The Hall–Kier alpha value is -0.560. The first kappa shape index (κ1) is 9.67. The van der Waals surface area contributed by atoms with Crippen LogP contribution in [0, 0.1) is 0 Å². The Morgan fingerprint density at radius 1 is 1.71 bits per heavy atom. The van der Waals surface area contributed by atoms with Crippen molar-refractivity contribution < 1.29 is 0 Å². The van der Waals surface area contributed by atoms with Crippen LogP contribution in [0.2, 0.25) is 0 Å². The van der Waals surface area contributed by atoms with Gasteiger partial charge in [0.15, 0.2) is 0 Å². The summed E-state index contributed by atoms with van der Waals surface area (Å²) in [6.45, 7) is 9.20. The van der Waals surface area contributed by atoms with Gasteiger partial charge in [-0.05, 0) is 13.3 Å². The summed E-state index contributed by atoms with van der Waals surface area (Å²) in [5.74, 6) is 0. The molecule has 0 aliphatic rings. The third kappa shape index (κ3) is 10.8. The van der Waals surface area contributed by atoms with E-state index in [0.29, 0.717) is 0 Å². The molecule has 7 heavy (non-hydrogen) atoms. The number of rotatable bonds is 2. The molecule has 0 radical (unpaired) electrons. The van der Waals surface area contributed by atoms with Crippen LogP contribution in [-0.2, 0) is 0 Å². The lowest BCUT2D eigenvalue weighted by Crippen LogP contribution is -1.61. The Labute approximate surface area is 45.3 Å². The molecule has 0 spiro atoms. The monoisotopic (exact) mass is 99.1 g/mol. The first-order chi connectivity index (χ1) is 2.77. The van der Waals surface area contributed by atoms with Crippen LogP contribution >= 0.6 is 0 Å². The molecule has 0 saturated heterocycles. The van der Waals surface area contributed by atoms with E-state index in [1.54, 1.807) is 0 Å². The highest BCUT2D eigenvalue weighted by Gasteiger charge is 1.71. The van der Waals surface area contributed by atoms with Gasteiger partial charge in [0.2, 0.25) is 0 Å². The molecule has 0 amide bonds. The molecular formula is C6H13N. The molecule has 1 nitrogen and oxygen atoms in total. The second kappa shape index (κ2) is 5.44. The second-order valence-corrected chi connectivity index (χ2v) is 1.45. The third-order valence-corrected chi connectivity index (χ3v) is 0.493. The maximum absolute atomic E-state index is 3.67. The van der Waals surface area contributed by atoms with Gasteiger partial charge in [-0.25, -0.2) is 0 Å². The van der Waals surface area contributed by atoms with Crippen LogP contribution in [0.4, 0.5) is 0 Å². The smallest absolute Gasteiger partial charge is 0.0147 e. The normalized spacial score (nSPS) is 6.43. The van der Waals surface area contributed by atoms with E-state index in [4.69, 9.17) is 0 Å². The van der Waals surface area contributed by atoms with Crippen LogP contribution in [0.15, 0.2) is 24.8 Å². The summed E-state index contributed by atoms with van der Waals surface area (Å²) in [6, 6.07) is 0. The Kier molecular flexibility index (Phi) is 7.51. The maximum Gasteiger partial charge on any atom is -0.0147 e. The number of hydrogen-bond donors (Lipinski definition) is 1. The topological polar surface area (TPSA) is 35.0 Å². The van der Waals surface area contributed by atoms with Gasteiger partial charge in [-0.15, -0.1) is 6.58 Å². The van der Waals surface area contributed by atoms with Gasteiger partial charge in [0.05, 0.1) is 0 Å². The molecule has 0 fully saturated rings. The highest BCUT2D eigenvalue weighted by molar-refractivity contribution is 4.94. The molecule has 0 aromatic rings. The Morgan fingerprint density at radius 2 is 2.14 bits per heavy atom. The van der Waals surface area contributed by atoms with Gasteiger partial charge in [-0.1, -0.05) is 18.2 Å². The Bertz CT molecular complexity index is 64.6. The van der Waals surface area contributed by atoms with Crippen LogP contribution in [0.25, 0.3) is 0 Å².